The number of anilines is 1. The number of ether oxygens (including phenoxy) is 1. The van der Waals surface area contributed by atoms with Crippen molar-refractivity contribution < 1.29 is 9.53 Å². The molecule has 1 fully saturated rings. The van der Waals surface area contributed by atoms with Crippen LogP contribution in [0.15, 0.2) is 24.3 Å². The molecule has 2 rings (SSSR count). The average Bonchev–Trinajstić information content (AvgIpc) is 2.48. The first-order valence-corrected chi connectivity index (χ1v) is 7.16. The van der Waals surface area contributed by atoms with Gasteiger partial charge in [0.2, 0.25) is 0 Å². The Labute approximate surface area is 119 Å². The summed E-state index contributed by atoms with van der Waals surface area (Å²) in [6.45, 7) is 1.76. The number of hydrogen-bond donors (Lipinski definition) is 1. The minimum absolute atomic E-state index is 0.190. The molecule has 0 radical (unpaired) electrons. The molecule has 1 saturated carbocycles. The van der Waals surface area contributed by atoms with E-state index < -0.39 is 6.10 Å². The van der Waals surface area contributed by atoms with Crippen molar-refractivity contribution >= 4 is 11.6 Å². The van der Waals surface area contributed by atoms with Crippen LogP contribution in [0.5, 0.6) is 0 Å². The van der Waals surface area contributed by atoms with E-state index in [0.717, 1.165) is 12.8 Å². The second-order valence-corrected chi connectivity index (χ2v) is 5.18. The Balaban J connectivity index is 1.92. The lowest BCUT2D eigenvalue weighted by atomic mass is 9.97. The lowest BCUT2D eigenvalue weighted by Crippen LogP contribution is -2.32. The van der Waals surface area contributed by atoms with Crippen molar-refractivity contribution in [1.29, 1.82) is 5.26 Å². The van der Waals surface area contributed by atoms with Crippen LogP contribution in [0.4, 0.5) is 5.69 Å². The maximum atomic E-state index is 12.1. The zero-order valence-electron chi connectivity index (χ0n) is 11.8. The molecule has 4 nitrogen and oxygen atoms in total. The monoisotopic (exact) mass is 272 g/mol. The van der Waals surface area contributed by atoms with Crippen LogP contribution in [0, 0.1) is 11.3 Å². The molecule has 1 amide bonds. The highest BCUT2D eigenvalue weighted by Crippen LogP contribution is 2.22. The van der Waals surface area contributed by atoms with E-state index in [1.54, 1.807) is 31.2 Å². The number of amides is 1. The van der Waals surface area contributed by atoms with E-state index in [1.165, 1.54) is 19.3 Å². The van der Waals surface area contributed by atoms with Gasteiger partial charge in [-0.25, -0.2) is 0 Å². The summed E-state index contributed by atoms with van der Waals surface area (Å²) >= 11 is 0. The number of nitrogens with one attached hydrogen (secondary N) is 1. The van der Waals surface area contributed by atoms with Gasteiger partial charge in [-0.15, -0.1) is 0 Å². The maximum absolute atomic E-state index is 12.1. The zero-order chi connectivity index (χ0) is 14.4. The number of para-hydroxylation sites is 1. The summed E-state index contributed by atoms with van der Waals surface area (Å²) in [6, 6.07) is 9.04. The molecule has 4 heteroatoms. The van der Waals surface area contributed by atoms with Gasteiger partial charge in [-0.1, -0.05) is 31.4 Å². The van der Waals surface area contributed by atoms with Gasteiger partial charge < -0.3 is 10.1 Å². The van der Waals surface area contributed by atoms with Gasteiger partial charge in [0.1, 0.15) is 12.2 Å². The summed E-state index contributed by atoms with van der Waals surface area (Å²) in [5.41, 5.74) is 1.00. The van der Waals surface area contributed by atoms with Crippen LogP contribution in [0.1, 0.15) is 44.6 Å². The number of nitriles is 1. The van der Waals surface area contributed by atoms with Gasteiger partial charge >= 0.3 is 0 Å². The van der Waals surface area contributed by atoms with Crippen molar-refractivity contribution in [1.82, 2.24) is 0 Å². The van der Waals surface area contributed by atoms with E-state index in [0.29, 0.717) is 11.3 Å². The molecule has 0 saturated heterocycles. The largest absolute Gasteiger partial charge is 0.365 e. The van der Waals surface area contributed by atoms with E-state index in [1.807, 2.05) is 0 Å². The molecule has 1 aliphatic carbocycles. The van der Waals surface area contributed by atoms with Crippen LogP contribution in [0.2, 0.25) is 0 Å². The molecule has 0 aliphatic heterocycles. The van der Waals surface area contributed by atoms with Crippen molar-refractivity contribution in [2.75, 3.05) is 5.32 Å². The molecule has 0 aromatic heterocycles. The van der Waals surface area contributed by atoms with Crippen LogP contribution in [0.25, 0.3) is 0 Å². The normalized spacial score (nSPS) is 17.2. The highest BCUT2D eigenvalue weighted by Gasteiger charge is 2.21. The van der Waals surface area contributed by atoms with Crippen LogP contribution >= 0.6 is 0 Å². The molecule has 0 spiro atoms. The Morgan fingerprint density at radius 1 is 1.35 bits per heavy atom. The fraction of sp³-hybridized carbons (Fsp3) is 0.500. The molecule has 20 heavy (non-hydrogen) atoms. The minimum Gasteiger partial charge on any atom is -0.365 e. The third kappa shape index (κ3) is 3.82. The summed E-state index contributed by atoms with van der Waals surface area (Å²) in [6.07, 6.45) is 5.38. The zero-order valence-corrected chi connectivity index (χ0v) is 11.8. The molecule has 0 heterocycles. The predicted octanol–water partition coefficient (Wildman–Crippen LogP) is 3.23. The lowest BCUT2D eigenvalue weighted by molar-refractivity contribution is -0.131. The van der Waals surface area contributed by atoms with Gasteiger partial charge in [-0.3, -0.25) is 4.79 Å². The summed E-state index contributed by atoms with van der Waals surface area (Å²) in [5, 5.41) is 11.8. The highest BCUT2D eigenvalue weighted by molar-refractivity contribution is 5.95. The minimum atomic E-state index is -0.496. The van der Waals surface area contributed by atoms with E-state index in [9.17, 15) is 4.79 Å². The third-order valence-corrected chi connectivity index (χ3v) is 3.62. The van der Waals surface area contributed by atoms with Crippen molar-refractivity contribution in [3.8, 4) is 6.07 Å². The SMILES string of the molecule is CC(OC1CCCCC1)C(=O)Nc1ccccc1C#N. The second-order valence-electron chi connectivity index (χ2n) is 5.18. The maximum Gasteiger partial charge on any atom is 0.253 e. The third-order valence-electron chi connectivity index (χ3n) is 3.62. The molecule has 0 bridgehead atoms. The van der Waals surface area contributed by atoms with Gasteiger partial charge in [0.05, 0.1) is 17.4 Å². The lowest BCUT2D eigenvalue weighted by Gasteiger charge is -2.25. The number of rotatable bonds is 4. The average molecular weight is 272 g/mol. The van der Waals surface area contributed by atoms with Crippen LogP contribution in [-0.4, -0.2) is 18.1 Å². The molecule has 1 unspecified atom stereocenters. The van der Waals surface area contributed by atoms with Crippen LogP contribution in [0.3, 0.4) is 0 Å². The number of carbonyl (C=O) groups excluding carboxylic acids is 1. The highest BCUT2D eigenvalue weighted by atomic mass is 16.5. The van der Waals surface area contributed by atoms with Crippen molar-refractivity contribution in [3.63, 3.8) is 0 Å². The van der Waals surface area contributed by atoms with Gasteiger partial charge in [-0.2, -0.15) is 5.26 Å². The Kier molecular flexibility index (Phi) is 5.14. The van der Waals surface area contributed by atoms with Crippen LogP contribution in [-0.2, 0) is 9.53 Å². The summed E-state index contributed by atoms with van der Waals surface area (Å²) in [4.78, 5) is 12.1. The number of hydrogen-bond acceptors (Lipinski definition) is 3. The Bertz CT molecular complexity index is 501. The first kappa shape index (κ1) is 14.5. The first-order chi connectivity index (χ1) is 9.70. The first-order valence-electron chi connectivity index (χ1n) is 7.16. The smallest absolute Gasteiger partial charge is 0.253 e. The summed E-state index contributed by atoms with van der Waals surface area (Å²) in [5.74, 6) is -0.196. The van der Waals surface area contributed by atoms with Gasteiger partial charge in [0.25, 0.3) is 5.91 Å². The molecule has 1 atom stereocenters. The van der Waals surface area contributed by atoms with Crippen molar-refractivity contribution in [2.24, 2.45) is 0 Å². The molecule has 1 N–H and O–H groups in total. The standard InChI is InChI=1S/C16H20N2O2/c1-12(20-14-8-3-2-4-9-14)16(19)18-15-10-6-5-7-13(15)11-17/h5-7,10,12,14H,2-4,8-9H2,1H3,(H,18,19). The van der Waals surface area contributed by atoms with Gasteiger partial charge in [-0.05, 0) is 31.9 Å². The van der Waals surface area contributed by atoms with Gasteiger partial charge in [0, 0.05) is 0 Å². The van der Waals surface area contributed by atoms with Crippen molar-refractivity contribution in [2.45, 2.75) is 51.2 Å². The van der Waals surface area contributed by atoms with E-state index in [2.05, 4.69) is 11.4 Å². The molecule has 1 aromatic carbocycles. The fourth-order valence-corrected chi connectivity index (χ4v) is 2.48. The number of benzene rings is 1. The molecule has 106 valence electrons. The fourth-order valence-electron chi connectivity index (χ4n) is 2.48. The van der Waals surface area contributed by atoms with Gasteiger partial charge in [0.15, 0.2) is 0 Å². The molecule has 1 aliphatic rings. The van der Waals surface area contributed by atoms with E-state index in [-0.39, 0.29) is 12.0 Å². The summed E-state index contributed by atoms with van der Waals surface area (Å²) < 4.78 is 5.80. The van der Waals surface area contributed by atoms with E-state index >= 15 is 0 Å². The quantitative estimate of drug-likeness (QED) is 0.915. The number of nitrogens with zero attached hydrogens (tertiary/aromatic N) is 1. The molecular weight excluding hydrogens is 252 g/mol. The molecular formula is C16H20N2O2. The Morgan fingerprint density at radius 2 is 2.05 bits per heavy atom. The van der Waals surface area contributed by atoms with E-state index in [4.69, 9.17) is 10.00 Å². The second kappa shape index (κ2) is 7.06. The molecule has 1 aromatic rings. The van der Waals surface area contributed by atoms with Crippen molar-refractivity contribution in [3.05, 3.63) is 29.8 Å². The Hall–Kier alpha value is -1.86. The Morgan fingerprint density at radius 3 is 2.75 bits per heavy atom. The topological polar surface area (TPSA) is 62.1 Å². The summed E-state index contributed by atoms with van der Waals surface area (Å²) in [7, 11) is 0. The van der Waals surface area contributed by atoms with Crippen LogP contribution < -0.4 is 5.32 Å². The predicted molar refractivity (Wildman–Crippen MR) is 77.2 cm³/mol. The number of carbonyl (C=O) groups is 1.